The number of carbonyl (C=O) groups is 1. The van der Waals surface area contributed by atoms with Gasteiger partial charge in [-0.1, -0.05) is 11.6 Å². The van der Waals surface area contributed by atoms with E-state index in [9.17, 15) is 4.79 Å². The van der Waals surface area contributed by atoms with Crippen LogP contribution >= 0.6 is 11.6 Å². The molecule has 0 aliphatic heterocycles. The molecule has 17 heavy (non-hydrogen) atoms. The molecule has 88 valence electrons. The molecule has 0 fully saturated rings. The minimum Gasteiger partial charge on any atom is -0.398 e. The Labute approximate surface area is 102 Å². The average Bonchev–Trinajstić information content (AvgIpc) is 2.68. The van der Waals surface area contributed by atoms with Crippen molar-refractivity contribution in [2.24, 2.45) is 7.05 Å². The maximum atomic E-state index is 11.9. The summed E-state index contributed by atoms with van der Waals surface area (Å²) in [5.74, 6) is 0.255. The van der Waals surface area contributed by atoms with E-state index in [0.717, 1.165) is 0 Å². The Balaban J connectivity index is 2.17. The molecule has 0 saturated carbocycles. The molecule has 0 radical (unpaired) electrons. The molecular weight excluding hydrogens is 242 g/mol. The van der Waals surface area contributed by atoms with Crippen LogP contribution in [0.15, 0.2) is 18.2 Å². The van der Waals surface area contributed by atoms with Crippen LogP contribution in [-0.2, 0) is 13.5 Å². The molecule has 0 atom stereocenters. The van der Waals surface area contributed by atoms with Crippen LogP contribution in [0.25, 0.3) is 0 Å². The van der Waals surface area contributed by atoms with Crippen LogP contribution in [0.5, 0.6) is 0 Å². The number of Topliss-reactive ketones (excluding diaryl/α,β-unsaturated/α-hetero) is 1. The zero-order chi connectivity index (χ0) is 12.4. The number of hydrogen-bond acceptors (Lipinski definition) is 5. The molecule has 0 spiro atoms. The van der Waals surface area contributed by atoms with Gasteiger partial charge in [0.15, 0.2) is 11.6 Å². The molecule has 0 aliphatic rings. The highest BCUT2D eigenvalue weighted by molar-refractivity contribution is 6.33. The number of carbonyl (C=O) groups excluding carboxylic acids is 1. The van der Waals surface area contributed by atoms with Crippen LogP contribution in [0.4, 0.5) is 5.69 Å². The lowest BCUT2D eigenvalue weighted by Gasteiger charge is -2.01. The Bertz CT molecular complexity index is 566. The van der Waals surface area contributed by atoms with Crippen LogP contribution < -0.4 is 5.73 Å². The summed E-state index contributed by atoms with van der Waals surface area (Å²) in [6.45, 7) is 0. The van der Waals surface area contributed by atoms with Gasteiger partial charge < -0.3 is 5.73 Å². The molecule has 0 saturated heterocycles. The fourth-order valence-electron chi connectivity index (χ4n) is 1.34. The van der Waals surface area contributed by atoms with E-state index in [4.69, 9.17) is 17.3 Å². The van der Waals surface area contributed by atoms with Crippen LogP contribution in [0.2, 0.25) is 5.02 Å². The number of rotatable bonds is 3. The van der Waals surface area contributed by atoms with Crippen molar-refractivity contribution in [1.29, 1.82) is 0 Å². The van der Waals surface area contributed by atoms with Crippen LogP contribution in [0, 0.1) is 0 Å². The third-order valence-electron chi connectivity index (χ3n) is 2.19. The van der Waals surface area contributed by atoms with Gasteiger partial charge in [0.1, 0.15) is 0 Å². The van der Waals surface area contributed by atoms with Gasteiger partial charge in [-0.25, -0.2) is 0 Å². The molecule has 0 amide bonds. The Kier molecular flexibility index (Phi) is 3.06. The van der Waals surface area contributed by atoms with Crippen molar-refractivity contribution in [2.45, 2.75) is 6.42 Å². The maximum absolute atomic E-state index is 11.9. The second-order valence-corrected chi connectivity index (χ2v) is 3.94. The summed E-state index contributed by atoms with van der Waals surface area (Å²) < 4.78 is 0. The number of tetrazole rings is 1. The maximum Gasteiger partial charge on any atom is 0.182 e. The van der Waals surface area contributed by atoms with Crippen molar-refractivity contribution >= 4 is 23.1 Å². The second-order valence-electron chi connectivity index (χ2n) is 3.53. The summed E-state index contributed by atoms with van der Waals surface area (Å²) in [4.78, 5) is 13.2. The van der Waals surface area contributed by atoms with Gasteiger partial charge in [-0.3, -0.25) is 4.79 Å². The fourth-order valence-corrected chi connectivity index (χ4v) is 1.52. The topological polar surface area (TPSA) is 86.7 Å². The molecule has 1 aromatic carbocycles. The molecule has 2 aromatic rings. The van der Waals surface area contributed by atoms with E-state index in [1.54, 1.807) is 19.2 Å². The molecule has 2 N–H and O–H groups in total. The number of anilines is 1. The van der Waals surface area contributed by atoms with Gasteiger partial charge in [-0.2, -0.15) is 4.80 Å². The summed E-state index contributed by atoms with van der Waals surface area (Å²) in [6, 6.07) is 4.76. The van der Waals surface area contributed by atoms with Gasteiger partial charge in [-0.15, -0.1) is 10.2 Å². The lowest BCUT2D eigenvalue weighted by molar-refractivity contribution is 0.0990. The number of hydrogen-bond donors (Lipinski definition) is 1. The lowest BCUT2D eigenvalue weighted by atomic mass is 10.1. The Morgan fingerprint density at radius 2 is 2.29 bits per heavy atom. The second kappa shape index (κ2) is 4.50. The molecule has 1 aromatic heterocycles. The van der Waals surface area contributed by atoms with Crippen molar-refractivity contribution in [3.63, 3.8) is 0 Å². The predicted octanol–water partition coefficient (Wildman–Crippen LogP) is 0.871. The van der Waals surface area contributed by atoms with Gasteiger partial charge in [-0.05, 0) is 23.4 Å². The molecule has 6 nitrogen and oxygen atoms in total. The van der Waals surface area contributed by atoms with Gasteiger partial charge in [0.2, 0.25) is 0 Å². The Morgan fingerprint density at radius 1 is 1.53 bits per heavy atom. The van der Waals surface area contributed by atoms with Crippen LogP contribution in [0.1, 0.15) is 16.2 Å². The van der Waals surface area contributed by atoms with E-state index in [2.05, 4.69) is 15.4 Å². The van der Waals surface area contributed by atoms with Gasteiger partial charge in [0, 0.05) is 5.56 Å². The first-order chi connectivity index (χ1) is 8.06. The summed E-state index contributed by atoms with van der Waals surface area (Å²) in [5.41, 5.74) is 6.49. The summed E-state index contributed by atoms with van der Waals surface area (Å²) in [6.07, 6.45) is 0.0914. The smallest absolute Gasteiger partial charge is 0.182 e. The molecular formula is C10H10ClN5O. The minimum atomic E-state index is -0.125. The third kappa shape index (κ3) is 2.59. The number of ketones is 1. The molecule has 0 aliphatic carbocycles. The number of nitrogens with two attached hydrogens (primary N) is 1. The molecule has 0 unspecified atom stereocenters. The number of nitrogens with zero attached hydrogens (tertiary/aromatic N) is 4. The molecule has 1 heterocycles. The number of nitrogen functional groups attached to an aromatic ring is 1. The standard InChI is InChI=1S/C10H10ClN5O/c1-16-14-10(13-15-16)5-9(17)6-2-3-8(12)7(11)4-6/h2-4H,5,12H2,1H3. The first kappa shape index (κ1) is 11.5. The average molecular weight is 252 g/mol. The quantitative estimate of drug-likeness (QED) is 0.646. The van der Waals surface area contributed by atoms with E-state index in [0.29, 0.717) is 22.1 Å². The SMILES string of the molecule is Cn1nnc(CC(=O)c2ccc(N)c(Cl)c2)n1. The van der Waals surface area contributed by atoms with Crippen molar-refractivity contribution in [1.82, 2.24) is 20.2 Å². The number of aromatic nitrogens is 4. The van der Waals surface area contributed by atoms with E-state index < -0.39 is 0 Å². The summed E-state index contributed by atoms with van der Waals surface area (Å²) >= 11 is 5.84. The zero-order valence-corrected chi connectivity index (χ0v) is 9.85. The fraction of sp³-hybridized carbons (Fsp3) is 0.200. The van der Waals surface area contributed by atoms with E-state index >= 15 is 0 Å². The normalized spacial score (nSPS) is 10.5. The van der Waals surface area contributed by atoms with E-state index in [-0.39, 0.29) is 12.2 Å². The highest BCUT2D eigenvalue weighted by atomic mass is 35.5. The number of benzene rings is 1. The first-order valence-corrected chi connectivity index (χ1v) is 5.25. The van der Waals surface area contributed by atoms with Crippen LogP contribution in [-0.4, -0.2) is 26.0 Å². The predicted molar refractivity (Wildman–Crippen MR) is 62.7 cm³/mol. The lowest BCUT2D eigenvalue weighted by Crippen LogP contribution is -2.06. The zero-order valence-electron chi connectivity index (χ0n) is 9.09. The van der Waals surface area contributed by atoms with E-state index in [1.165, 1.54) is 10.9 Å². The number of halogens is 1. The van der Waals surface area contributed by atoms with E-state index in [1.807, 2.05) is 0 Å². The van der Waals surface area contributed by atoms with Gasteiger partial charge in [0.05, 0.1) is 24.2 Å². The van der Waals surface area contributed by atoms with Crippen molar-refractivity contribution in [3.8, 4) is 0 Å². The van der Waals surface area contributed by atoms with Gasteiger partial charge >= 0.3 is 0 Å². The monoisotopic (exact) mass is 251 g/mol. The largest absolute Gasteiger partial charge is 0.398 e. The number of aryl methyl sites for hydroxylation is 1. The Morgan fingerprint density at radius 3 is 2.88 bits per heavy atom. The highest BCUT2D eigenvalue weighted by Gasteiger charge is 2.11. The van der Waals surface area contributed by atoms with Crippen molar-refractivity contribution < 1.29 is 4.79 Å². The molecule has 2 rings (SSSR count). The Hall–Kier alpha value is -1.95. The summed E-state index contributed by atoms with van der Waals surface area (Å²) in [7, 11) is 1.64. The van der Waals surface area contributed by atoms with Crippen LogP contribution in [0.3, 0.4) is 0 Å². The highest BCUT2D eigenvalue weighted by Crippen LogP contribution is 2.20. The summed E-state index contributed by atoms with van der Waals surface area (Å²) in [5, 5.41) is 11.7. The van der Waals surface area contributed by atoms with Crippen molar-refractivity contribution in [2.75, 3.05) is 5.73 Å². The first-order valence-electron chi connectivity index (χ1n) is 4.87. The van der Waals surface area contributed by atoms with Crippen molar-refractivity contribution in [3.05, 3.63) is 34.6 Å². The third-order valence-corrected chi connectivity index (χ3v) is 2.52. The minimum absolute atomic E-state index is 0.0914. The van der Waals surface area contributed by atoms with Gasteiger partial charge in [0.25, 0.3) is 0 Å². The molecule has 7 heteroatoms. The molecule has 0 bridgehead atoms.